The van der Waals surface area contributed by atoms with Gasteiger partial charge in [-0.1, -0.05) is 24.4 Å². The average Bonchev–Trinajstić information content (AvgIpc) is 3.21. The fourth-order valence-electron chi connectivity index (χ4n) is 3.78. The maximum atomic E-state index is 12.2. The highest BCUT2D eigenvalue weighted by Gasteiger charge is 2.35. The molecule has 2 atom stereocenters. The highest BCUT2D eigenvalue weighted by atomic mass is 127. The van der Waals surface area contributed by atoms with E-state index in [0.717, 1.165) is 42.2 Å². The van der Waals surface area contributed by atoms with Gasteiger partial charge in [0.15, 0.2) is 5.96 Å². The molecular weight excluding hydrogens is 507 g/mol. The van der Waals surface area contributed by atoms with Crippen molar-refractivity contribution < 1.29 is 8.42 Å². The number of guanidine groups is 1. The second kappa shape index (κ2) is 9.90. The normalized spacial score (nSPS) is 23.5. The highest BCUT2D eigenvalue weighted by Crippen LogP contribution is 2.35. The maximum Gasteiger partial charge on any atom is 0.250 e. The largest absolute Gasteiger partial charge is 0.355 e. The fourth-order valence-corrected chi connectivity index (χ4v) is 6.34. The van der Waals surface area contributed by atoms with Crippen LogP contribution >= 0.6 is 46.9 Å². The molecule has 0 spiro atoms. The number of aliphatic imine (C=N–C) groups is 1. The lowest BCUT2D eigenvalue weighted by Crippen LogP contribution is -2.43. The van der Waals surface area contributed by atoms with Crippen molar-refractivity contribution in [2.75, 3.05) is 33.2 Å². The lowest BCUT2D eigenvalue weighted by Gasteiger charge is -2.22. The molecule has 26 heavy (non-hydrogen) atoms. The molecular formula is C16H26ClIN4O2S2. The third kappa shape index (κ3) is 5.46. The summed E-state index contributed by atoms with van der Waals surface area (Å²) in [6, 6.07) is 3.11. The Morgan fingerprint density at radius 2 is 1.92 bits per heavy atom. The van der Waals surface area contributed by atoms with E-state index >= 15 is 0 Å². The number of thiophene rings is 1. The van der Waals surface area contributed by atoms with E-state index < -0.39 is 10.0 Å². The van der Waals surface area contributed by atoms with Crippen molar-refractivity contribution in [3.05, 3.63) is 16.5 Å². The summed E-state index contributed by atoms with van der Waals surface area (Å²) in [7, 11) is -1.71. The number of halogens is 2. The van der Waals surface area contributed by atoms with Crippen LogP contribution in [0.15, 0.2) is 21.3 Å². The molecule has 1 aliphatic heterocycles. The predicted octanol–water partition coefficient (Wildman–Crippen LogP) is 3.00. The highest BCUT2D eigenvalue weighted by molar-refractivity contribution is 14.0. The van der Waals surface area contributed by atoms with Gasteiger partial charge in [0.1, 0.15) is 4.21 Å². The van der Waals surface area contributed by atoms with E-state index in [1.165, 1.54) is 31.7 Å². The quantitative estimate of drug-likeness (QED) is 0.265. The van der Waals surface area contributed by atoms with Gasteiger partial charge in [-0.05, 0) is 36.8 Å². The van der Waals surface area contributed by atoms with Crippen molar-refractivity contribution in [2.24, 2.45) is 16.8 Å². The third-order valence-electron chi connectivity index (χ3n) is 5.00. The lowest BCUT2D eigenvalue weighted by atomic mass is 9.82. The summed E-state index contributed by atoms with van der Waals surface area (Å²) in [5.74, 6) is 2.44. The number of nitrogens with one attached hydrogen (secondary N) is 2. The third-order valence-corrected chi connectivity index (χ3v) is 8.19. The molecule has 2 heterocycles. The molecule has 1 aromatic rings. The van der Waals surface area contributed by atoms with Gasteiger partial charge in [0.05, 0.1) is 4.34 Å². The molecule has 0 amide bonds. The first-order valence-corrected chi connectivity index (χ1v) is 11.4. The van der Waals surface area contributed by atoms with Gasteiger partial charge in [-0.15, -0.1) is 35.3 Å². The van der Waals surface area contributed by atoms with Gasteiger partial charge in [0.25, 0.3) is 0 Å². The molecule has 1 saturated carbocycles. The van der Waals surface area contributed by atoms with Crippen molar-refractivity contribution in [3.8, 4) is 0 Å². The summed E-state index contributed by atoms with van der Waals surface area (Å²) < 4.78 is 27.6. The molecule has 6 nitrogen and oxygen atoms in total. The summed E-state index contributed by atoms with van der Waals surface area (Å²) >= 11 is 6.86. The minimum atomic E-state index is -3.49. The van der Waals surface area contributed by atoms with E-state index in [9.17, 15) is 8.42 Å². The predicted molar refractivity (Wildman–Crippen MR) is 118 cm³/mol. The molecule has 10 heteroatoms. The zero-order valence-corrected chi connectivity index (χ0v) is 19.5. The van der Waals surface area contributed by atoms with Gasteiger partial charge in [-0.2, -0.15) is 0 Å². The number of hydrogen-bond donors (Lipinski definition) is 2. The monoisotopic (exact) mass is 532 g/mol. The van der Waals surface area contributed by atoms with Crippen molar-refractivity contribution in [3.63, 3.8) is 0 Å². The Labute approximate surface area is 181 Å². The van der Waals surface area contributed by atoms with Crippen LogP contribution in [-0.4, -0.2) is 52.5 Å². The smallest absolute Gasteiger partial charge is 0.250 e. The summed E-state index contributed by atoms with van der Waals surface area (Å²) in [5.41, 5.74) is 0. The Hall–Kier alpha value is -0.100. The van der Waals surface area contributed by atoms with Crippen LogP contribution in [0.1, 0.15) is 25.7 Å². The van der Waals surface area contributed by atoms with Crippen LogP contribution in [0.25, 0.3) is 0 Å². The Morgan fingerprint density at radius 1 is 1.27 bits per heavy atom. The second-order valence-corrected chi connectivity index (χ2v) is 10.3. The molecule has 2 N–H and O–H groups in total. The van der Waals surface area contributed by atoms with Crippen molar-refractivity contribution in [1.82, 2.24) is 14.9 Å². The zero-order valence-electron chi connectivity index (χ0n) is 14.8. The molecule has 0 radical (unpaired) electrons. The molecule has 2 fully saturated rings. The molecule has 3 rings (SSSR count). The lowest BCUT2D eigenvalue weighted by molar-refractivity contribution is 0.299. The summed E-state index contributed by atoms with van der Waals surface area (Å²) in [5, 5.41) is 3.28. The van der Waals surface area contributed by atoms with E-state index in [4.69, 9.17) is 11.6 Å². The van der Waals surface area contributed by atoms with E-state index in [1.54, 1.807) is 13.1 Å². The second-order valence-electron chi connectivity index (χ2n) is 6.64. The van der Waals surface area contributed by atoms with Gasteiger partial charge in [-0.25, -0.2) is 13.1 Å². The van der Waals surface area contributed by atoms with E-state index in [-0.39, 0.29) is 28.2 Å². The molecule has 2 aliphatic rings. The molecule has 0 bridgehead atoms. The van der Waals surface area contributed by atoms with Crippen molar-refractivity contribution >= 4 is 62.9 Å². The number of fused-ring (bicyclic) bond motifs is 1. The standard InChI is InChI=1S/C16H25ClN4O2S2.HI/c1-18-16(21-10-12-4-2-3-5-13(12)11-21)19-8-9-20-25(22,23)15-7-6-14(17)24-15;/h6-7,12-13,20H,2-5,8-11H2,1H3,(H,18,19);1H. The van der Waals surface area contributed by atoms with Crippen LogP contribution in [-0.2, 0) is 10.0 Å². The SMILES string of the molecule is CN=C(NCCNS(=O)(=O)c1ccc(Cl)s1)N1CC2CCCCC2C1.I. The summed E-state index contributed by atoms with van der Waals surface area (Å²) in [4.78, 5) is 6.68. The maximum absolute atomic E-state index is 12.2. The molecule has 2 unspecified atom stereocenters. The minimum absolute atomic E-state index is 0. The average molecular weight is 533 g/mol. The van der Waals surface area contributed by atoms with Crippen LogP contribution in [0.2, 0.25) is 4.34 Å². The first-order valence-electron chi connectivity index (χ1n) is 8.70. The van der Waals surface area contributed by atoms with E-state index in [2.05, 4.69) is 19.9 Å². The van der Waals surface area contributed by atoms with Crippen molar-refractivity contribution in [2.45, 2.75) is 29.9 Å². The van der Waals surface area contributed by atoms with Gasteiger partial charge in [-0.3, -0.25) is 4.99 Å². The molecule has 1 aliphatic carbocycles. The van der Waals surface area contributed by atoms with Crippen LogP contribution in [0.5, 0.6) is 0 Å². The van der Waals surface area contributed by atoms with Gasteiger partial charge in [0, 0.05) is 33.2 Å². The van der Waals surface area contributed by atoms with Gasteiger partial charge >= 0.3 is 0 Å². The number of hydrogen-bond acceptors (Lipinski definition) is 4. The van der Waals surface area contributed by atoms with Gasteiger partial charge in [0.2, 0.25) is 10.0 Å². The Kier molecular flexibility index (Phi) is 8.45. The van der Waals surface area contributed by atoms with Crippen LogP contribution in [0.4, 0.5) is 0 Å². The van der Waals surface area contributed by atoms with Crippen LogP contribution in [0, 0.1) is 11.8 Å². The van der Waals surface area contributed by atoms with E-state index in [0.29, 0.717) is 17.4 Å². The van der Waals surface area contributed by atoms with Crippen molar-refractivity contribution in [1.29, 1.82) is 0 Å². The van der Waals surface area contributed by atoms with Gasteiger partial charge < -0.3 is 10.2 Å². The molecule has 148 valence electrons. The number of rotatable bonds is 5. The summed E-state index contributed by atoms with van der Waals surface area (Å²) in [6.07, 6.45) is 5.33. The minimum Gasteiger partial charge on any atom is -0.355 e. The number of sulfonamides is 1. The summed E-state index contributed by atoms with van der Waals surface area (Å²) in [6.45, 7) is 2.92. The Balaban J connectivity index is 0.00000243. The van der Waals surface area contributed by atoms with E-state index in [1.807, 2.05) is 0 Å². The topological polar surface area (TPSA) is 73.8 Å². The molecule has 0 aromatic carbocycles. The fraction of sp³-hybridized carbons (Fsp3) is 0.688. The first-order chi connectivity index (χ1) is 12.0. The molecule has 1 saturated heterocycles. The Morgan fingerprint density at radius 3 is 2.46 bits per heavy atom. The molecule has 1 aromatic heterocycles. The van der Waals surface area contributed by atoms with Crippen LogP contribution in [0.3, 0.4) is 0 Å². The first kappa shape index (κ1) is 22.2. The zero-order chi connectivity index (χ0) is 17.9. The number of likely N-dealkylation sites (tertiary alicyclic amines) is 1. The Bertz CT molecular complexity index is 712. The van der Waals surface area contributed by atoms with Crippen LogP contribution < -0.4 is 10.0 Å². The number of nitrogens with zero attached hydrogens (tertiary/aromatic N) is 2.